The van der Waals surface area contributed by atoms with Gasteiger partial charge in [-0.15, -0.1) is 0 Å². The second kappa shape index (κ2) is 13.2. The third kappa shape index (κ3) is 5.65. The molecular formula is C36H35N7O6S. The predicted molar refractivity (Wildman–Crippen MR) is 187 cm³/mol. The van der Waals surface area contributed by atoms with Gasteiger partial charge in [0.1, 0.15) is 0 Å². The van der Waals surface area contributed by atoms with Crippen LogP contribution in [0.4, 0.5) is 0 Å². The first-order chi connectivity index (χ1) is 24.1. The number of imide groups is 2. The molecular weight excluding hydrogens is 659 g/mol. The quantitative estimate of drug-likeness (QED) is 0.140. The zero-order valence-corrected chi connectivity index (χ0v) is 28.4. The number of amides is 4. The second-order valence-corrected chi connectivity index (χ2v) is 14.5. The predicted octanol–water partition coefficient (Wildman–Crippen LogP) is 2.89. The van der Waals surface area contributed by atoms with Crippen molar-refractivity contribution in [2.75, 3.05) is 53.4 Å². The number of carbonyl (C=O) groups excluding carboxylic acids is 4. The van der Waals surface area contributed by atoms with Gasteiger partial charge in [-0.25, -0.2) is 17.7 Å². The molecule has 2 aliphatic rings. The first kappa shape index (κ1) is 33.2. The fraction of sp³-hybridized carbons (Fsp3) is 0.250. The lowest BCUT2D eigenvalue weighted by molar-refractivity contribution is 0.0597. The van der Waals surface area contributed by atoms with E-state index in [0.717, 1.165) is 26.7 Å². The summed E-state index contributed by atoms with van der Waals surface area (Å²) in [7, 11) is -0.945. The van der Waals surface area contributed by atoms with E-state index in [1.165, 1.54) is 31.1 Å². The summed E-state index contributed by atoms with van der Waals surface area (Å²) < 4.78 is 28.7. The lowest BCUT2D eigenvalue weighted by Gasteiger charge is -2.28. The van der Waals surface area contributed by atoms with Gasteiger partial charge in [0.25, 0.3) is 23.6 Å². The number of nitrogens with one attached hydrogen (secondary N) is 2. The van der Waals surface area contributed by atoms with Crippen LogP contribution >= 0.6 is 0 Å². The molecule has 4 aromatic carbocycles. The molecule has 1 aromatic heterocycles. The molecule has 0 atom stereocenters. The Bertz CT molecular complexity index is 2280. The highest BCUT2D eigenvalue weighted by atomic mass is 32.2. The van der Waals surface area contributed by atoms with Crippen molar-refractivity contribution in [3.8, 4) is 5.69 Å². The summed E-state index contributed by atoms with van der Waals surface area (Å²) in [6, 6.07) is 17.0. The van der Waals surface area contributed by atoms with Crippen molar-refractivity contribution in [3.05, 3.63) is 102 Å². The highest BCUT2D eigenvalue weighted by molar-refractivity contribution is 7.89. The van der Waals surface area contributed by atoms with Gasteiger partial charge in [0.15, 0.2) is 0 Å². The standard InChI is InChI=1S/C36H35N7O6S/c1-40(2)50(48,49)24-20-23-6-3-8-26-31(23)29(21-24)36(47)43(33(26)44)19-16-38-13-5-12-37-15-18-42-34(45)27-9-4-7-25-30(41-17-14-39-22-41)11-10-28(32(25)27)35(42)46/h3-4,6-11,14,17,20-22,37-38H,5,12-13,15-16,18-19H2,1-2H3. The number of hydrogen-bond donors (Lipinski definition) is 2. The van der Waals surface area contributed by atoms with Crippen LogP contribution in [0.15, 0.2) is 84.3 Å². The van der Waals surface area contributed by atoms with Crippen LogP contribution in [0.3, 0.4) is 0 Å². The van der Waals surface area contributed by atoms with Crippen molar-refractivity contribution in [3.63, 3.8) is 0 Å². The summed E-state index contributed by atoms with van der Waals surface area (Å²) in [6.45, 7) is 2.31. The average Bonchev–Trinajstić information content (AvgIpc) is 3.65. The van der Waals surface area contributed by atoms with E-state index < -0.39 is 21.8 Å². The molecule has 0 spiro atoms. The van der Waals surface area contributed by atoms with Crippen molar-refractivity contribution in [2.45, 2.75) is 11.3 Å². The normalized spacial score (nSPS) is 14.5. The van der Waals surface area contributed by atoms with E-state index in [1.807, 2.05) is 29.0 Å². The van der Waals surface area contributed by atoms with Crippen LogP contribution in [0.2, 0.25) is 0 Å². The SMILES string of the molecule is CN(C)S(=O)(=O)c1cc2c3c(cccc3c1)C(=O)N(CCNCCCNCCN1C(=O)c3cccc4c(-n5ccnc5)ccc(c34)C1=O)C2=O. The van der Waals surface area contributed by atoms with Crippen LogP contribution < -0.4 is 10.6 Å². The topological polar surface area (TPSA) is 154 Å². The van der Waals surface area contributed by atoms with Crippen molar-refractivity contribution in [1.29, 1.82) is 0 Å². The first-order valence-corrected chi connectivity index (χ1v) is 17.7. The maximum Gasteiger partial charge on any atom is 0.261 e. The highest BCUT2D eigenvalue weighted by Crippen LogP contribution is 2.34. The van der Waals surface area contributed by atoms with Gasteiger partial charge in [0.2, 0.25) is 10.0 Å². The molecule has 0 saturated carbocycles. The number of aromatic nitrogens is 2. The molecule has 2 aliphatic heterocycles. The summed E-state index contributed by atoms with van der Waals surface area (Å²) in [5.41, 5.74) is 2.38. The largest absolute Gasteiger partial charge is 0.315 e. The van der Waals surface area contributed by atoms with Crippen molar-refractivity contribution < 1.29 is 27.6 Å². The fourth-order valence-electron chi connectivity index (χ4n) is 6.62. The van der Waals surface area contributed by atoms with Crippen molar-refractivity contribution in [2.24, 2.45) is 0 Å². The number of sulfonamides is 1. The van der Waals surface area contributed by atoms with Crippen LogP contribution in [0.25, 0.3) is 27.2 Å². The van der Waals surface area contributed by atoms with Gasteiger partial charge in [-0.1, -0.05) is 24.3 Å². The maximum absolute atomic E-state index is 13.5. The average molecular weight is 694 g/mol. The summed E-state index contributed by atoms with van der Waals surface area (Å²) >= 11 is 0. The van der Waals surface area contributed by atoms with Gasteiger partial charge in [0.05, 0.1) is 16.9 Å². The molecule has 5 aromatic rings. The summed E-state index contributed by atoms with van der Waals surface area (Å²) in [4.78, 5) is 60.1. The minimum atomic E-state index is -3.80. The lowest BCUT2D eigenvalue weighted by atomic mass is 9.93. The fourth-order valence-corrected chi connectivity index (χ4v) is 7.59. The third-order valence-electron chi connectivity index (χ3n) is 9.16. The van der Waals surface area contributed by atoms with Gasteiger partial charge >= 0.3 is 0 Å². The summed E-state index contributed by atoms with van der Waals surface area (Å²) in [6.07, 6.45) is 5.89. The van der Waals surface area contributed by atoms with Crippen molar-refractivity contribution in [1.82, 2.24) is 34.3 Å². The molecule has 7 rings (SSSR count). The Morgan fingerprint density at radius 1 is 0.700 bits per heavy atom. The number of carbonyl (C=O) groups is 4. The molecule has 0 fully saturated rings. The Morgan fingerprint density at radius 2 is 1.30 bits per heavy atom. The van der Waals surface area contributed by atoms with Gasteiger partial charge in [-0.3, -0.25) is 29.0 Å². The summed E-state index contributed by atoms with van der Waals surface area (Å²) in [5.74, 6) is -1.59. The van der Waals surface area contributed by atoms with E-state index in [2.05, 4.69) is 15.6 Å². The molecule has 50 heavy (non-hydrogen) atoms. The second-order valence-electron chi connectivity index (χ2n) is 12.4. The third-order valence-corrected chi connectivity index (χ3v) is 11.0. The number of imidazole rings is 1. The first-order valence-electron chi connectivity index (χ1n) is 16.3. The Morgan fingerprint density at radius 3 is 1.92 bits per heavy atom. The molecule has 14 heteroatoms. The van der Waals surface area contributed by atoms with Crippen LogP contribution in [-0.4, -0.2) is 109 Å². The van der Waals surface area contributed by atoms with E-state index in [0.29, 0.717) is 59.0 Å². The molecule has 0 saturated heterocycles. The number of hydrogen-bond acceptors (Lipinski definition) is 9. The Labute approximate surface area is 288 Å². The van der Waals surface area contributed by atoms with Crippen LogP contribution in [0, 0.1) is 0 Å². The Kier molecular flexibility index (Phi) is 8.78. The van der Waals surface area contributed by atoms with Gasteiger partial charge in [-0.05, 0) is 61.3 Å². The summed E-state index contributed by atoms with van der Waals surface area (Å²) in [5, 5.41) is 8.98. The van der Waals surface area contributed by atoms with Crippen LogP contribution in [0.5, 0.6) is 0 Å². The van der Waals surface area contributed by atoms with E-state index >= 15 is 0 Å². The highest BCUT2D eigenvalue weighted by Gasteiger charge is 2.35. The van der Waals surface area contributed by atoms with Gasteiger partial charge in [0, 0.05) is 91.1 Å². The molecule has 0 bridgehead atoms. The number of nitrogens with zero attached hydrogens (tertiary/aromatic N) is 5. The smallest absolute Gasteiger partial charge is 0.261 e. The van der Waals surface area contributed by atoms with Crippen molar-refractivity contribution >= 4 is 55.2 Å². The van der Waals surface area contributed by atoms with E-state index in [9.17, 15) is 27.6 Å². The minimum absolute atomic E-state index is 0.00758. The molecule has 3 heterocycles. The molecule has 13 nitrogen and oxygen atoms in total. The molecule has 2 N–H and O–H groups in total. The monoisotopic (exact) mass is 693 g/mol. The number of rotatable bonds is 13. The van der Waals surface area contributed by atoms with Gasteiger partial charge < -0.3 is 15.2 Å². The number of benzene rings is 4. The molecule has 0 unspecified atom stereocenters. The van der Waals surface area contributed by atoms with Crippen LogP contribution in [0.1, 0.15) is 47.9 Å². The van der Waals surface area contributed by atoms with E-state index in [-0.39, 0.29) is 35.4 Å². The van der Waals surface area contributed by atoms with E-state index in [1.54, 1.807) is 42.9 Å². The van der Waals surface area contributed by atoms with E-state index in [4.69, 9.17) is 0 Å². The molecule has 256 valence electrons. The maximum atomic E-state index is 13.5. The Hall–Kier alpha value is -5.28. The lowest BCUT2D eigenvalue weighted by Crippen LogP contribution is -2.44. The molecule has 0 aliphatic carbocycles. The minimum Gasteiger partial charge on any atom is -0.315 e. The van der Waals surface area contributed by atoms with Gasteiger partial charge in [-0.2, -0.15) is 0 Å². The Balaban J connectivity index is 0.901. The zero-order chi connectivity index (χ0) is 35.2. The molecule has 0 radical (unpaired) electrons. The molecule has 4 amide bonds. The van der Waals surface area contributed by atoms with Crippen LogP contribution in [-0.2, 0) is 10.0 Å². The zero-order valence-electron chi connectivity index (χ0n) is 27.5.